The lowest BCUT2D eigenvalue weighted by Crippen LogP contribution is -2.33. The molecule has 1 saturated heterocycles. The van der Waals surface area contributed by atoms with Gasteiger partial charge in [-0.05, 0) is 12.1 Å². The van der Waals surface area contributed by atoms with E-state index in [2.05, 4.69) is 20.7 Å². The molecule has 1 aliphatic rings. The van der Waals surface area contributed by atoms with Crippen molar-refractivity contribution < 1.29 is 4.74 Å². The van der Waals surface area contributed by atoms with Crippen LogP contribution < -0.4 is 5.32 Å². The molecule has 0 saturated carbocycles. The molecular weight excluding hydrogens is 234 g/mol. The maximum atomic E-state index is 5.68. The van der Waals surface area contributed by atoms with E-state index in [1.807, 2.05) is 12.1 Å². The normalized spacial score (nSPS) is 20.4. The molecule has 0 spiro atoms. The molecule has 0 amide bonds. The van der Waals surface area contributed by atoms with Gasteiger partial charge in [0.25, 0.3) is 0 Å². The lowest BCUT2D eigenvalue weighted by atomic mass is 10.2. The van der Waals surface area contributed by atoms with E-state index in [-0.39, 0.29) is 6.10 Å². The van der Waals surface area contributed by atoms with E-state index < -0.39 is 0 Å². The van der Waals surface area contributed by atoms with Gasteiger partial charge in [-0.3, -0.25) is 4.98 Å². The molecule has 1 N–H and O–H groups in total. The number of rotatable bonds is 2. The summed E-state index contributed by atoms with van der Waals surface area (Å²) in [5.74, 6) is 0. The molecule has 0 aromatic carbocycles. The standard InChI is InChI=1S/C12H13N3OS/c1-3-13-4-2-9(1)12-15-10(8-17-12)11-7-14-5-6-16-11/h1-4,8,11,14H,5-7H2. The Morgan fingerprint density at radius 3 is 3.00 bits per heavy atom. The summed E-state index contributed by atoms with van der Waals surface area (Å²) in [5.41, 5.74) is 2.13. The van der Waals surface area contributed by atoms with E-state index in [9.17, 15) is 0 Å². The topological polar surface area (TPSA) is 47.0 Å². The van der Waals surface area contributed by atoms with Crippen molar-refractivity contribution in [3.8, 4) is 10.6 Å². The average Bonchev–Trinajstić information content (AvgIpc) is 2.90. The van der Waals surface area contributed by atoms with Crippen LogP contribution in [-0.4, -0.2) is 29.7 Å². The fourth-order valence-electron chi connectivity index (χ4n) is 1.82. The van der Waals surface area contributed by atoms with Crippen LogP contribution in [0.4, 0.5) is 0 Å². The minimum Gasteiger partial charge on any atom is -0.369 e. The summed E-state index contributed by atoms with van der Waals surface area (Å²) in [6, 6.07) is 3.95. The molecule has 0 radical (unpaired) electrons. The highest BCUT2D eigenvalue weighted by Crippen LogP contribution is 2.27. The second-order valence-corrected chi connectivity index (χ2v) is 4.74. The van der Waals surface area contributed by atoms with Crippen molar-refractivity contribution in [3.05, 3.63) is 35.6 Å². The Labute approximate surface area is 104 Å². The van der Waals surface area contributed by atoms with Crippen molar-refractivity contribution in [1.82, 2.24) is 15.3 Å². The Hall–Kier alpha value is -1.30. The number of hydrogen-bond acceptors (Lipinski definition) is 5. The molecule has 1 fully saturated rings. The zero-order chi connectivity index (χ0) is 11.5. The van der Waals surface area contributed by atoms with Crippen molar-refractivity contribution in [2.24, 2.45) is 0 Å². The van der Waals surface area contributed by atoms with Crippen LogP contribution in [0.25, 0.3) is 10.6 Å². The summed E-state index contributed by atoms with van der Waals surface area (Å²) in [7, 11) is 0. The highest BCUT2D eigenvalue weighted by Gasteiger charge is 2.18. The lowest BCUT2D eigenvalue weighted by Gasteiger charge is -2.21. The average molecular weight is 247 g/mol. The summed E-state index contributed by atoms with van der Waals surface area (Å²) < 4.78 is 5.68. The first-order valence-corrected chi connectivity index (χ1v) is 6.49. The minimum absolute atomic E-state index is 0.0931. The van der Waals surface area contributed by atoms with Crippen molar-refractivity contribution in [3.63, 3.8) is 0 Å². The molecule has 3 heterocycles. The van der Waals surface area contributed by atoms with Gasteiger partial charge in [-0.2, -0.15) is 0 Å². The van der Waals surface area contributed by atoms with Crippen LogP contribution in [0.1, 0.15) is 11.8 Å². The maximum Gasteiger partial charge on any atom is 0.123 e. The van der Waals surface area contributed by atoms with Crippen LogP contribution >= 0.6 is 11.3 Å². The van der Waals surface area contributed by atoms with E-state index in [4.69, 9.17) is 4.74 Å². The second kappa shape index (κ2) is 4.91. The van der Waals surface area contributed by atoms with Gasteiger partial charge in [-0.1, -0.05) is 0 Å². The van der Waals surface area contributed by atoms with Crippen LogP contribution in [0.5, 0.6) is 0 Å². The van der Waals surface area contributed by atoms with Crippen LogP contribution in [0, 0.1) is 0 Å². The lowest BCUT2D eigenvalue weighted by molar-refractivity contribution is 0.0254. The van der Waals surface area contributed by atoms with Gasteiger partial charge in [-0.15, -0.1) is 11.3 Å². The van der Waals surface area contributed by atoms with Crippen molar-refractivity contribution >= 4 is 11.3 Å². The molecule has 2 aromatic heterocycles. The first-order chi connectivity index (χ1) is 8.43. The molecule has 0 bridgehead atoms. The Bertz CT molecular complexity index is 480. The number of nitrogens with zero attached hydrogens (tertiary/aromatic N) is 2. The van der Waals surface area contributed by atoms with Crippen molar-refractivity contribution in [1.29, 1.82) is 0 Å². The summed E-state index contributed by atoms with van der Waals surface area (Å²) in [4.78, 5) is 8.64. The van der Waals surface area contributed by atoms with E-state index >= 15 is 0 Å². The fraction of sp³-hybridized carbons (Fsp3) is 0.333. The third-order valence-corrected chi connectivity index (χ3v) is 3.62. The Morgan fingerprint density at radius 1 is 1.35 bits per heavy atom. The molecule has 3 rings (SSSR count). The molecule has 2 aromatic rings. The van der Waals surface area contributed by atoms with E-state index in [1.165, 1.54) is 0 Å². The zero-order valence-electron chi connectivity index (χ0n) is 9.30. The molecule has 1 unspecified atom stereocenters. The molecular formula is C12H13N3OS. The monoisotopic (exact) mass is 247 g/mol. The maximum absolute atomic E-state index is 5.68. The molecule has 1 atom stereocenters. The van der Waals surface area contributed by atoms with E-state index in [0.717, 1.165) is 36.0 Å². The first kappa shape index (κ1) is 10.8. The number of thiazole rings is 1. The van der Waals surface area contributed by atoms with Gasteiger partial charge in [0.05, 0.1) is 12.3 Å². The Kier molecular flexibility index (Phi) is 3.13. The van der Waals surface area contributed by atoms with Gasteiger partial charge in [0.15, 0.2) is 0 Å². The molecule has 4 nitrogen and oxygen atoms in total. The largest absolute Gasteiger partial charge is 0.369 e. The molecule has 5 heteroatoms. The summed E-state index contributed by atoms with van der Waals surface area (Å²) in [5, 5.41) is 6.41. The highest BCUT2D eigenvalue weighted by atomic mass is 32.1. The number of pyridine rings is 1. The fourth-order valence-corrected chi connectivity index (χ4v) is 2.68. The number of hydrogen-bond donors (Lipinski definition) is 1. The predicted octanol–water partition coefficient (Wildman–Crippen LogP) is 1.87. The summed E-state index contributed by atoms with van der Waals surface area (Å²) in [6.45, 7) is 2.53. The molecule has 0 aliphatic carbocycles. The van der Waals surface area contributed by atoms with Gasteiger partial charge < -0.3 is 10.1 Å². The van der Waals surface area contributed by atoms with Crippen LogP contribution in [-0.2, 0) is 4.74 Å². The van der Waals surface area contributed by atoms with Crippen molar-refractivity contribution in [2.75, 3.05) is 19.7 Å². The van der Waals surface area contributed by atoms with E-state index in [1.54, 1.807) is 23.7 Å². The van der Waals surface area contributed by atoms with Gasteiger partial charge in [0.1, 0.15) is 11.1 Å². The van der Waals surface area contributed by atoms with Gasteiger partial charge in [-0.25, -0.2) is 4.98 Å². The van der Waals surface area contributed by atoms with Crippen LogP contribution in [0.15, 0.2) is 29.9 Å². The van der Waals surface area contributed by atoms with Gasteiger partial charge in [0, 0.05) is 36.4 Å². The molecule has 17 heavy (non-hydrogen) atoms. The SMILES string of the molecule is c1cc(-c2nc(C3CNCCO3)cs2)ccn1. The van der Waals surface area contributed by atoms with Gasteiger partial charge >= 0.3 is 0 Å². The Morgan fingerprint density at radius 2 is 2.24 bits per heavy atom. The second-order valence-electron chi connectivity index (χ2n) is 3.88. The van der Waals surface area contributed by atoms with Gasteiger partial charge in [0.2, 0.25) is 0 Å². The third-order valence-electron chi connectivity index (χ3n) is 2.71. The molecule has 88 valence electrons. The first-order valence-electron chi connectivity index (χ1n) is 5.61. The quantitative estimate of drug-likeness (QED) is 0.880. The molecule has 1 aliphatic heterocycles. The summed E-state index contributed by atoms with van der Waals surface area (Å²) >= 11 is 1.65. The number of aromatic nitrogens is 2. The number of morpholine rings is 1. The van der Waals surface area contributed by atoms with Crippen molar-refractivity contribution in [2.45, 2.75) is 6.10 Å². The predicted molar refractivity (Wildman–Crippen MR) is 66.9 cm³/mol. The zero-order valence-corrected chi connectivity index (χ0v) is 10.1. The Balaban J connectivity index is 1.83. The van der Waals surface area contributed by atoms with Crippen LogP contribution in [0.2, 0.25) is 0 Å². The van der Waals surface area contributed by atoms with Crippen LogP contribution in [0.3, 0.4) is 0 Å². The minimum atomic E-state index is 0.0931. The third kappa shape index (κ3) is 2.36. The summed E-state index contributed by atoms with van der Waals surface area (Å²) in [6.07, 6.45) is 3.67. The van der Waals surface area contributed by atoms with E-state index in [0.29, 0.717) is 0 Å². The highest BCUT2D eigenvalue weighted by molar-refractivity contribution is 7.13. The number of nitrogens with one attached hydrogen (secondary N) is 1. The number of ether oxygens (including phenoxy) is 1. The smallest absolute Gasteiger partial charge is 0.123 e.